The first-order valence-corrected chi connectivity index (χ1v) is 15.0. The Kier molecular flexibility index (Phi) is 7.35. The monoisotopic (exact) mass is 544 g/mol. The first-order valence-electron chi connectivity index (χ1n) is 13.0. The van der Waals surface area contributed by atoms with Crippen LogP contribution in [0.3, 0.4) is 0 Å². The van der Waals surface area contributed by atoms with Crippen LogP contribution in [0, 0.1) is 5.82 Å². The molecule has 3 aliphatic heterocycles. The highest BCUT2D eigenvalue weighted by atomic mass is 32.2. The Hall–Kier alpha value is -2.25. The van der Waals surface area contributed by atoms with Crippen molar-refractivity contribution >= 4 is 27.5 Å². The summed E-state index contributed by atoms with van der Waals surface area (Å²) >= 11 is 1.58. The zero-order chi connectivity index (χ0) is 25.4. The largest absolute Gasteiger partial charge is 0.345 e. The van der Waals surface area contributed by atoms with Gasteiger partial charge in [0.25, 0.3) is 0 Å². The molecule has 1 aromatic carbocycles. The number of piperazine rings is 2. The zero-order valence-electron chi connectivity index (χ0n) is 21.1. The Morgan fingerprint density at radius 3 is 2.73 bits per heavy atom. The topological polar surface area (TPSA) is 73.6 Å². The molecule has 3 fully saturated rings. The van der Waals surface area contributed by atoms with Crippen LogP contribution in [0.4, 0.5) is 9.52 Å². The SMILES string of the molecule is CC(c1ccc(F)cc1)n1cnnc1CN1CCN(S(=O)c2cnc(N3CCN4CCCC4C3)s2)CC1. The molecule has 0 radical (unpaired) electrons. The van der Waals surface area contributed by atoms with E-state index in [-0.39, 0.29) is 11.9 Å². The molecule has 198 valence electrons. The smallest absolute Gasteiger partial charge is 0.186 e. The summed E-state index contributed by atoms with van der Waals surface area (Å²) in [5.41, 5.74) is 1.01. The second-order valence-corrected chi connectivity index (χ2v) is 12.8. The molecule has 0 amide bonds. The number of hydrogen-bond donors (Lipinski definition) is 0. The Labute approximate surface area is 223 Å². The van der Waals surface area contributed by atoms with Gasteiger partial charge in [-0.1, -0.05) is 23.5 Å². The van der Waals surface area contributed by atoms with Gasteiger partial charge in [0.1, 0.15) is 33.2 Å². The van der Waals surface area contributed by atoms with Gasteiger partial charge in [0, 0.05) is 51.9 Å². The first kappa shape index (κ1) is 25.1. The molecule has 12 heteroatoms. The van der Waals surface area contributed by atoms with Crippen molar-refractivity contribution in [2.75, 3.05) is 57.3 Å². The highest BCUT2D eigenvalue weighted by Crippen LogP contribution is 2.31. The summed E-state index contributed by atoms with van der Waals surface area (Å²) in [6, 6.07) is 7.23. The molecule has 0 aliphatic carbocycles. The van der Waals surface area contributed by atoms with Crippen molar-refractivity contribution in [2.24, 2.45) is 0 Å². The summed E-state index contributed by atoms with van der Waals surface area (Å²) in [7, 11) is -1.19. The minimum atomic E-state index is -1.19. The first-order chi connectivity index (χ1) is 18.0. The Morgan fingerprint density at radius 2 is 1.92 bits per heavy atom. The van der Waals surface area contributed by atoms with E-state index in [4.69, 9.17) is 0 Å². The van der Waals surface area contributed by atoms with E-state index in [9.17, 15) is 8.60 Å². The van der Waals surface area contributed by atoms with Crippen LogP contribution >= 0.6 is 11.3 Å². The van der Waals surface area contributed by atoms with Crippen LogP contribution in [0.2, 0.25) is 0 Å². The number of halogens is 1. The summed E-state index contributed by atoms with van der Waals surface area (Å²) in [5, 5.41) is 9.49. The fourth-order valence-electron chi connectivity index (χ4n) is 5.63. The van der Waals surface area contributed by atoms with E-state index in [0.717, 1.165) is 66.5 Å². The quantitative estimate of drug-likeness (QED) is 0.453. The van der Waals surface area contributed by atoms with E-state index in [0.29, 0.717) is 12.6 Å². The van der Waals surface area contributed by atoms with Gasteiger partial charge in [-0.3, -0.25) is 9.80 Å². The summed E-state index contributed by atoms with van der Waals surface area (Å²) in [5.74, 6) is 0.637. The van der Waals surface area contributed by atoms with Gasteiger partial charge in [-0.25, -0.2) is 17.9 Å². The molecule has 6 rings (SSSR count). The fourth-order valence-corrected chi connectivity index (χ4v) is 8.03. The number of fused-ring (bicyclic) bond motifs is 1. The minimum Gasteiger partial charge on any atom is -0.345 e. The summed E-state index contributed by atoms with van der Waals surface area (Å²) in [6.45, 7) is 10.1. The van der Waals surface area contributed by atoms with Crippen LogP contribution in [-0.2, 0) is 17.5 Å². The maximum absolute atomic E-state index is 13.3. The summed E-state index contributed by atoms with van der Waals surface area (Å²) in [4.78, 5) is 11.9. The van der Waals surface area contributed by atoms with Crippen LogP contribution < -0.4 is 4.90 Å². The van der Waals surface area contributed by atoms with Crippen molar-refractivity contribution in [2.45, 2.75) is 42.6 Å². The number of aromatic nitrogens is 4. The van der Waals surface area contributed by atoms with Gasteiger partial charge in [0.05, 0.1) is 18.8 Å². The molecule has 3 unspecified atom stereocenters. The van der Waals surface area contributed by atoms with Crippen molar-refractivity contribution in [3.8, 4) is 0 Å². The minimum absolute atomic E-state index is 0.0107. The lowest BCUT2D eigenvalue weighted by atomic mass is 10.1. The van der Waals surface area contributed by atoms with Crippen molar-refractivity contribution in [3.05, 3.63) is 54.0 Å². The highest BCUT2D eigenvalue weighted by molar-refractivity contribution is 7.85. The molecule has 3 saturated heterocycles. The van der Waals surface area contributed by atoms with Gasteiger partial charge in [0.15, 0.2) is 5.13 Å². The Bertz CT molecular complexity index is 1230. The van der Waals surface area contributed by atoms with Gasteiger partial charge in [-0.15, -0.1) is 10.2 Å². The van der Waals surface area contributed by atoms with Gasteiger partial charge < -0.3 is 9.47 Å². The second kappa shape index (κ2) is 10.9. The maximum atomic E-state index is 13.3. The van der Waals surface area contributed by atoms with Crippen LogP contribution in [-0.4, -0.2) is 96.5 Å². The van der Waals surface area contributed by atoms with Crippen LogP contribution in [0.25, 0.3) is 0 Å². The van der Waals surface area contributed by atoms with E-state index in [2.05, 4.69) is 41.1 Å². The van der Waals surface area contributed by atoms with E-state index >= 15 is 0 Å². The van der Waals surface area contributed by atoms with E-state index < -0.39 is 11.0 Å². The van der Waals surface area contributed by atoms with Gasteiger partial charge in [0.2, 0.25) is 0 Å². The van der Waals surface area contributed by atoms with E-state index in [1.807, 2.05) is 10.8 Å². The number of thiazole rings is 1. The number of benzene rings is 1. The predicted octanol–water partition coefficient (Wildman–Crippen LogP) is 2.61. The van der Waals surface area contributed by atoms with Crippen LogP contribution in [0.5, 0.6) is 0 Å². The number of rotatable bonds is 7. The lowest BCUT2D eigenvalue weighted by molar-refractivity contribution is 0.179. The molecule has 0 bridgehead atoms. The Balaban J connectivity index is 1.03. The van der Waals surface area contributed by atoms with Crippen LogP contribution in [0.15, 0.2) is 41.0 Å². The third-order valence-electron chi connectivity index (χ3n) is 7.85. The van der Waals surface area contributed by atoms with Crippen molar-refractivity contribution in [3.63, 3.8) is 0 Å². The number of hydrogen-bond acceptors (Lipinski definition) is 8. The molecule has 3 atom stereocenters. The lowest BCUT2D eigenvalue weighted by Gasteiger charge is -2.37. The highest BCUT2D eigenvalue weighted by Gasteiger charge is 2.32. The van der Waals surface area contributed by atoms with Gasteiger partial charge >= 0.3 is 0 Å². The van der Waals surface area contributed by atoms with Gasteiger partial charge in [-0.05, 0) is 44.0 Å². The van der Waals surface area contributed by atoms with Gasteiger partial charge in [-0.2, -0.15) is 0 Å². The average Bonchev–Trinajstić information content (AvgIpc) is 3.69. The molecule has 2 aromatic heterocycles. The normalized spacial score (nSPS) is 23.3. The molecular weight excluding hydrogens is 511 g/mol. The van der Waals surface area contributed by atoms with Crippen molar-refractivity contribution < 1.29 is 8.60 Å². The molecule has 5 heterocycles. The third-order valence-corrected chi connectivity index (χ3v) is 10.7. The predicted molar refractivity (Wildman–Crippen MR) is 142 cm³/mol. The lowest BCUT2D eigenvalue weighted by Crippen LogP contribution is -2.50. The second-order valence-electron chi connectivity index (χ2n) is 10.1. The van der Waals surface area contributed by atoms with Crippen molar-refractivity contribution in [1.29, 1.82) is 0 Å². The molecule has 3 aromatic rings. The summed E-state index contributed by atoms with van der Waals surface area (Å²) in [6.07, 6.45) is 6.11. The average molecular weight is 545 g/mol. The fraction of sp³-hybridized carbons (Fsp3) is 0.560. The molecule has 0 spiro atoms. The maximum Gasteiger partial charge on any atom is 0.186 e. The number of nitrogens with zero attached hydrogens (tertiary/aromatic N) is 8. The standard InChI is InChI=1S/C25H33FN8OS2/c1-19(20-4-6-21(26)7-5-20)34-18-28-29-23(34)17-30-9-13-33(14-10-30)37(35)24-15-27-25(36-24)32-12-11-31-8-2-3-22(31)16-32/h4-7,15,18-19,22H,2-3,8-14,16-17H2,1H3. The molecule has 9 nitrogen and oxygen atoms in total. The molecule has 0 saturated carbocycles. The zero-order valence-corrected chi connectivity index (χ0v) is 22.7. The van der Waals surface area contributed by atoms with Crippen LogP contribution in [0.1, 0.15) is 37.2 Å². The third kappa shape index (κ3) is 5.35. The summed E-state index contributed by atoms with van der Waals surface area (Å²) < 4.78 is 31.6. The van der Waals surface area contributed by atoms with E-state index in [1.165, 1.54) is 31.5 Å². The molecular formula is C25H33FN8OS2. The Morgan fingerprint density at radius 1 is 1.11 bits per heavy atom. The number of anilines is 1. The molecule has 37 heavy (non-hydrogen) atoms. The molecule has 0 N–H and O–H groups in total. The van der Waals surface area contributed by atoms with Crippen molar-refractivity contribution in [1.82, 2.24) is 33.9 Å². The molecule has 3 aliphatic rings. The van der Waals surface area contributed by atoms with E-state index in [1.54, 1.807) is 29.8 Å².